The maximum absolute atomic E-state index is 11.8. The fourth-order valence-electron chi connectivity index (χ4n) is 1.98. The molecule has 0 aliphatic rings. The predicted octanol–water partition coefficient (Wildman–Crippen LogP) is 2.29. The number of carbonyl (C=O) groups excluding carboxylic acids is 2. The number of fused-ring (bicyclic) bond motifs is 1. The Morgan fingerprint density at radius 1 is 1.26 bits per heavy atom. The highest BCUT2D eigenvalue weighted by molar-refractivity contribution is 6.12. The molecule has 2 rings (SSSR count). The third-order valence-electron chi connectivity index (χ3n) is 2.68. The van der Waals surface area contributed by atoms with Crippen LogP contribution in [-0.2, 0) is 9.53 Å². The Hall–Kier alpha value is -2.56. The van der Waals surface area contributed by atoms with E-state index in [1.165, 1.54) is 26.2 Å². The van der Waals surface area contributed by atoms with Crippen molar-refractivity contribution in [2.45, 2.75) is 6.92 Å². The van der Waals surface area contributed by atoms with Gasteiger partial charge in [0, 0.05) is 18.0 Å². The molecule has 0 saturated heterocycles. The zero-order valence-electron chi connectivity index (χ0n) is 10.6. The van der Waals surface area contributed by atoms with Gasteiger partial charge >= 0.3 is 5.97 Å². The first-order chi connectivity index (χ1) is 9.02. The van der Waals surface area contributed by atoms with E-state index in [-0.39, 0.29) is 17.2 Å². The molecule has 0 aliphatic heterocycles. The Bertz CT molecular complexity index is 664. The lowest BCUT2D eigenvalue weighted by atomic mass is 10.0. The van der Waals surface area contributed by atoms with E-state index >= 15 is 0 Å². The van der Waals surface area contributed by atoms with E-state index in [9.17, 15) is 14.7 Å². The number of hydrogen-bond acceptors (Lipinski definition) is 4. The summed E-state index contributed by atoms with van der Waals surface area (Å²) in [6, 6.07) is 8.00. The van der Waals surface area contributed by atoms with Crippen LogP contribution in [0.5, 0.6) is 5.75 Å². The van der Waals surface area contributed by atoms with Gasteiger partial charge < -0.3 is 15.2 Å². The monoisotopic (exact) mass is 259 g/mol. The van der Waals surface area contributed by atoms with E-state index in [1.807, 2.05) is 0 Å². The Labute approximate surface area is 109 Å². The summed E-state index contributed by atoms with van der Waals surface area (Å²) in [6.45, 7) is 1.39. The number of phenolic OH excluding ortho intramolecular Hbond substituents is 1. The number of aromatic hydroxyl groups is 1. The lowest BCUT2D eigenvalue weighted by Gasteiger charge is -2.11. The largest absolute Gasteiger partial charge is 0.508 e. The number of nitrogens with one attached hydrogen (secondary N) is 1. The van der Waals surface area contributed by atoms with Crippen LogP contribution in [0.4, 0.5) is 5.69 Å². The minimum Gasteiger partial charge on any atom is -0.508 e. The van der Waals surface area contributed by atoms with Crippen molar-refractivity contribution in [1.82, 2.24) is 0 Å². The molecule has 0 bridgehead atoms. The highest BCUT2D eigenvalue weighted by atomic mass is 16.5. The second-order valence-electron chi connectivity index (χ2n) is 4.07. The quantitative estimate of drug-likeness (QED) is 0.811. The van der Waals surface area contributed by atoms with E-state index in [2.05, 4.69) is 5.32 Å². The van der Waals surface area contributed by atoms with Gasteiger partial charge in [-0.15, -0.1) is 0 Å². The van der Waals surface area contributed by atoms with Crippen molar-refractivity contribution in [3.8, 4) is 5.75 Å². The van der Waals surface area contributed by atoms with Gasteiger partial charge in [-0.1, -0.05) is 12.1 Å². The number of anilines is 1. The van der Waals surface area contributed by atoms with Crippen molar-refractivity contribution < 1.29 is 19.4 Å². The van der Waals surface area contributed by atoms with Gasteiger partial charge in [-0.25, -0.2) is 4.79 Å². The maximum atomic E-state index is 11.8. The number of benzene rings is 2. The molecular formula is C14H13NO4. The SMILES string of the molecule is COC(=O)c1cc(O)cc2cccc(NC(C)=O)c12. The molecule has 1 amide bonds. The van der Waals surface area contributed by atoms with Crippen LogP contribution < -0.4 is 5.32 Å². The van der Waals surface area contributed by atoms with Crippen LogP contribution >= 0.6 is 0 Å². The number of carbonyl (C=O) groups is 2. The average molecular weight is 259 g/mol. The zero-order chi connectivity index (χ0) is 14.0. The van der Waals surface area contributed by atoms with Crippen LogP contribution in [0.3, 0.4) is 0 Å². The molecule has 2 aromatic rings. The normalized spacial score (nSPS) is 10.2. The highest BCUT2D eigenvalue weighted by Gasteiger charge is 2.15. The molecule has 98 valence electrons. The summed E-state index contributed by atoms with van der Waals surface area (Å²) in [5, 5.41) is 13.5. The predicted molar refractivity (Wildman–Crippen MR) is 71.3 cm³/mol. The van der Waals surface area contributed by atoms with Crippen molar-refractivity contribution >= 4 is 28.3 Å². The number of esters is 1. The molecule has 0 aliphatic carbocycles. The number of rotatable bonds is 2. The lowest BCUT2D eigenvalue weighted by Crippen LogP contribution is -2.09. The van der Waals surface area contributed by atoms with Gasteiger partial charge in [0.25, 0.3) is 0 Å². The second kappa shape index (κ2) is 4.97. The Morgan fingerprint density at radius 2 is 2.00 bits per heavy atom. The molecule has 2 aromatic carbocycles. The zero-order valence-corrected chi connectivity index (χ0v) is 10.6. The standard InChI is InChI=1S/C14H13NO4/c1-8(16)15-12-5-3-4-9-6-10(17)7-11(13(9)12)14(18)19-2/h3-7,17H,1-2H3,(H,15,16). The minimum absolute atomic E-state index is 0.0344. The third kappa shape index (κ3) is 2.49. The number of phenols is 1. The first-order valence-electron chi connectivity index (χ1n) is 5.64. The molecule has 0 fully saturated rings. The number of methoxy groups -OCH3 is 1. The van der Waals surface area contributed by atoms with Gasteiger partial charge in [0.2, 0.25) is 5.91 Å². The molecule has 0 radical (unpaired) electrons. The first-order valence-corrected chi connectivity index (χ1v) is 5.64. The third-order valence-corrected chi connectivity index (χ3v) is 2.68. The van der Waals surface area contributed by atoms with Crippen molar-refractivity contribution in [1.29, 1.82) is 0 Å². The summed E-state index contributed by atoms with van der Waals surface area (Å²) in [4.78, 5) is 23.0. The van der Waals surface area contributed by atoms with Crippen molar-refractivity contribution in [3.05, 3.63) is 35.9 Å². The summed E-state index contributed by atoms with van der Waals surface area (Å²) in [5.74, 6) is -0.844. The van der Waals surface area contributed by atoms with Gasteiger partial charge in [0.05, 0.1) is 12.7 Å². The van der Waals surface area contributed by atoms with Crippen LogP contribution in [0.2, 0.25) is 0 Å². The first kappa shape index (κ1) is 12.9. The van der Waals surface area contributed by atoms with Crippen LogP contribution in [-0.4, -0.2) is 24.1 Å². The van der Waals surface area contributed by atoms with Gasteiger partial charge in [-0.3, -0.25) is 4.79 Å². The second-order valence-corrected chi connectivity index (χ2v) is 4.07. The highest BCUT2D eigenvalue weighted by Crippen LogP contribution is 2.31. The van der Waals surface area contributed by atoms with Crippen molar-refractivity contribution in [2.24, 2.45) is 0 Å². The molecule has 19 heavy (non-hydrogen) atoms. The van der Waals surface area contributed by atoms with E-state index in [1.54, 1.807) is 18.2 Å². The van der Waals surface area contributed by atoms with Gasteiger partial charge in [-0.05, 0) is 23.6 Å². The van der Waals surface area contributed by atoms with E-state index < -0.39 is 5.97 Å². The molecule has 5 heteroatoms. The molecule has 0 saturated carbocycles. The maximum Gasteiger partial charge on any atom is 0.338 e. The summed E-state index contributed by atoms with van der Waals surface area (Å²) >= 11 is 0. The molecule has 2 N–H and O–H groups in total. The minimum atomic E-state index is -0.571. The summed E-state index contributed by atoms with van der Waals surface area (Å²) in [7, 11) is 1.26. The average Bonchev–Trinajstić information content (AvgIpc) is 2.36. The number of ether oxygens (including phenoxy) is 1. The fourth-order valence-corrected chi connectivity index (χ4v) is 1.98. The molecular weight excluding hydrogens is 246 g/mol. The summed E-state index contributed by atoms with van der Waals surface area (Å²) in [5.41, 5.74) is 0.715. The van der Waals surface area contributed by atoms with Crippen LogP contribution in [0.25, 0.3) is 10.8 Å². The van der Waals surface area contributed by atoms with Crippen LogP contribution in [0.1, 0.15) is 17.3 Å². The Kier molecular flexibility index (Phi) is 3.37. The molecule has 0 unspecified atom stereocenters. The summed E-state index contributed by atoms with van der Waals surface area (Å²) in [6.07, 6.45) is 0. The number of hydrogen-bond donors (Lipinski definition) is 2. The summed E-state index contributed by atoms with van der Waals surface area (Å²) < 4.78 is 4.70. The molecule has 5 nitrogen and oxygen atoms in total. The smallest absolute Gasteiger partial charge is 0.338 e. The van der Waals surface area contributed by atoms with E-state index in [4.69, 9.17) is 4.74 Å². The molecule has 0 atom stereocenters. The van der Waals surface area contributed by atoms with Gasteiger partial charge in [0.15, 0.2) is 0 Å². The molecule has 0 heterocycles. The van der Waals surface area contributed by atoms with Crippen molar-refractivity contribution in [2.75, 3.05) is 12.4 Å². The lowest BCUT2D eigenvalue weighted by molar-refractivity contribution is -0.114. The molecule has 0 aromatic heterocycles. The van der Waals surface area contributed by atoms with Crippen LogP contribution in [0.15, 0.2) is 30.3 Å². The Balaban J connectivity index is 2.77. The fraction of sp³-hybridized carbons (Fsp3) is 0.143. The van der Waals surface area contributed by atoms with Crippen LogP contribution in [0, 0.1) is 0 Å². The van der Waals surface area contributed by atoms with E-state index in [0.717, 1.165) is 0 Å². The van der Waals surface area contributed by atoms with Gasteiger partial charge in [-0.2, -0.15) is 0 Å². The molecule has 0 spiro atoms. The number of amides is 1. The van der Waals surface area contributed by atoms with Crippen molar-refractivity contribution in [3.63, 3.8) is 0 Å². The van der Waals surface area contributed by atoms with E-state index in [0.29, 0.717) is 16.5 Å². The van der Waals surface area contributed by atoms with Gasteiger partial charge in [0.1, 0.15) is 5.75 Å². The topological polar surface area (TPSA) is 75.6 Å². The Morgan fingerprint density at radius 3 is 2.63 bits per heavy atom.